The standard InChI is InChI=1S/C18H27F2N/c1-17(2,3)21-13-18(8-6-4-5-7-9-18)14-10-15(19)12-16(20)11-14/h10-12,21H,4-9,13H2,1-3H3. The second-order valence-electron chi connectivity index (χ2n) is 7.46. The molecule has 1 aliphatic rings. The third-order valence-electron chi connectivity index (χ3n) is 4.49. The highest BCUT2D eigenvalue weighted by atomic mass is 19.1. The smallest absolute Gasteiger partial charge is 0.126 e. The van der Waals surface area contributed by atoms with Gasteiger partial charge in [-0.15, -0.1) is 0 Å². The second kappa shape index (κ2) is 6.43. The van der Waals surface area contributed by atoms with Crippen molar-refractivity contribution >= 4 is 0 Å². The first-order chi connectivity index (χ1) is 9.81. The van der Waals surface area contributed by atoms with Gasteiger partial charge in [-0.2, -0.15) is 0 Å². The Hall–Kier alpha value is -0.960. The molecule has 21 heavy (non-hydrogen) atoms. The second-order valence-corrected chi connectivity index (χ2v) is 7.46. The predicted molar refractivity (Wildman–Crippen MR) is 83.5 cm³/mol. The maximum absolute atomic E-state index is 13.7. The SMILES string of the molecule is CC(C)(C)NCC1(c2cc(F)cc(F)c2)CCCCCC1. The summed E-state index contributed by atoms with van der Waals surface area (Å²) in [5.41, 5.74) is 0.677. The normalized spacial score (nSPS) is 19.3. The molecular weight excluding hydrogens is 268 g/mol. The number of nitrogens with one attached hydrogen (secondary N) is 1. The van der Waals surface area contributed by atoms with Crippen LogP contribution in [-0.2, 0) is 5.41 Å². The van der Waals surface area contributed by atoms with E-state index in [1.165, 1.54) is 25.0 Å². The van der Waals surface area contributed by atoms with Gasteiger partial charge in [0.15, 0.2) is 0 Å². The molecule has 0 saturated heterocycles. The van der Waals surface area contributed by atoms with Crippen LogP contribution in [0.1, 0.15) is 64.9 Å². The van der Waals surface area contributed by atoms with E-state index < -0.39 is 11.6 Å². The summed E-state index contributed by atoms with van der Waals surface area (Å²) < 4.78 is 27.3. The lowest BCUT2D eigenvalue weighted by Gasteiger charge is -2.37. The minimum absolute atomic E-state index is 0.00513. The van der Waals surface area contributed by atoms with Gasteiger partial charge in [0, 0.05) is 23.6 Å². The highest BCUT2D eigenvalue weighted by Gasteiger charge is 2.34. The molecular formula is C18H27F2N. The Labute approximate surface area is 127 Å². The van der Waals surface area contributed by atoms with Gasteiger partial charge in [-0.25, -0.2) is 8.78 Å². The van der Waals surface area contributed by atoms with Crippen LogP contribution in [0.25, 0.3) is 0 Å². The fraction of sp³-hybridized carbons (Fsp3) is 0.667. The third-order valence-corrected chi connectivity index (χ3v) is 4.49. The minimum Gasteiger partial charge on any atom is -0.311 e. The van der Waals surface area contributed by atoms with Crippen molar-refractivity contribution in [3.8, 4) is 0 Å². The summed E-state index contributed by atoms with van der Waals surface area (Å²) >= 11 is 0. The lowest BCUT2D eigenvalue weighted by molar-refractivity contribution is 0.298. The van der Waals surface area contributed by atoms with Gasteiger partial charge in [-0.1, -0.05) is 25.7 Å². The van der Waals surface area contributed by atoms with Gasteiger partial charge in [0.2, 0.25) is 0 Å². The molecule has 0 radical (unpaired) electrons. The van der Waals surface area contributed by atoms with Crippen LogP contribution >= 0.6 is 0 Å². The maximum Gasteiger partial charge on any atom is 0.126 e. The molecule has 1 aromatic rings. The maximum atomic E-state index is 13.7. The van der Waals surface area contributed by atoms with E-state index in [0.717, 1.165) is 43.9 Å². The molecule has 1 aromatic carbocycles. The van der Waals surface area contributed by atoms with Crippen molar-refractivity contribution in [1.82, 2.24) is 5.32 Å². The Morgan fingerprint density at radius 2 is 1.48 bits per heavy atom. The first kappa shape index (κ1) is 16.4. The zero-order valence-electron chi connectivity index (χ0n) is 13.4. The molecule has 3 heteroatoms. The Morgan fingerprint density at radius 1 is 0.952 bits per heavy atom. The monoisotopic (exact) mass is 295 g/mol. The fourth-order valence-electron chi connectivity index (χ4n) is 3.27. The molecule has 118 valence electrons. The molecule has 1 N–H and O–H groups in total. The van der Waals surface area contributed by atoms with Crippen molar-refractivity contribution in [1.29, 1.82) is 0 Å². The Kier molecular flexibility index (Phi) is 5.03. The van der Waals surface area contributed by atoms with Gasteiger partial charge in [-0.3, -0.25) is 0 Å². The predicted octanol–water partition coefficient (Wildman–Crippen LogP) is 4.94. The first-order valence-corrected chi connectivity index (χ1v) is 8.02. The summed E-state index contributed by atoms with van der Waals surface area (Å²) in [6.45, 7) is 7.16. The van der Waals surface area contributed by atoms with Crippen LogP contribution in [0.15, 0.2) is 18.2 Å². The van der Waals surface area contributed by atoms with Crippen molar-refractivity contribution in [2.45, 2.75) is 70.3 Å². The Morgan fingerprint density at radius 3 is 1.95 bits per heavy atom. The minimum atomic E-state index is -0.468. The van der Waals surface area contributed by atoms with E-state index >= 15 is 0 Å². The van der Waals surface area contributed by atoms with Gasteiger partial charge >= 0.3 is 0 Å². The molecule has 1 fully saturated rings. The van der Waals surface area contributed by atoms with Gasteiger partial charge in [0.1, 0.15) is 11.6 Å². The third kappa shape index (κ3) is 4.50. The molecule has 0 spiro atoms. The van der Waals surface area contributed by atoms with E-state index in [1.54, 1.807) is 0 Å². The van der Waals surface area contributed by atoms with E-state index in [9.17, 15) is 8.78 Å². The van der Waals surface area contributed by atoms with Crippen LogP contribution < -0.4 is 5.32 Å². The molecule has 0 aromatic heterocycles. The number of benzene rings is 1. The number of hydrogen-bond acceptors (Lipinski definition) is 1. The van der Waals surface area contributed by atoms with Crippen LogP contribution in [0.2, 0.25) is 0 Å². The number of halogens is 2. The summed E-state index contributed by atoms with van der Waals surface area (Å²) in [5.74, 6) is -0.936. The lowest BCUT2D eigenvalue weighted by Crippen LogP contribution is -2.46. The van der Waals surface area contributed by atoms with E-state index in [0.29, 0.717) is 0 Å². The molecule has 0 heterocycles. The van der Waals surface area contributed by atoms with Crippen LogP contribution in [-0.4, -0.2) is 12.1 Å². The van der Waals surface area contributed by atoms with E-state index in [4.69, 9.17) is 0 Å². The summed E-state index contributed by atoms with van der Waals surface area (Å²) in [5, 5.41) is 3.55. The average molecular weight is 295 g/mol. The topological polar surface area (TPSA) is 12.0 Å². The first-order valence-electron chi connectivity index (χ1n) is 8.02. The molecule has 2 rings (SSSR count). The summed E-state index contributed by atoms with van der Waals surface area (Å²) in [6, 6.07) is 4.02. The van der Waals surface area contributed by atoms with Crippen molar-refractivity contribution in [2.75, 3.05) is 6.54 Å². The quantitative estimate of drug-likeness (QED) is 0.778. The molecule has 1 nitrogen and oxygen atoms in total. The van der Waals surface area contributed by atoms with Gasteiger partial charge in [-0.05, 0) is 51.3 Å². The highest BCUT2D eigenvalue weighted by molar-refractivity contribution is 5.28. The zero-order chi connectivity index (χ0) is 15.5. The number of hydrogen-bond donors (Lipinski definition) is 1. The molecule has 0 amide bonds. The van der Waals surface area contributed by atoms with E-state index in [2.05, 4.69) is 26.1 Å². The summed E-state index contributed by atoms with van der Waals surface area (Å²) in [6.07, 6.45) is 6.69. The van der Waals surface area contributed by atoms with Crippen LogP contribution in [0.3, 0.4) is 0 Å². The Balaban J connectivity index is 2.33. The largest absolute Gasteiger partial charge is 0.311 e. The van der Waals surface area contributed by atoms with Crippen LogP contribution in [0.5, 0.6) is 0 Å². The van der Waals surface area contributed by atoms with Crippen molar-refractivity contribution in [3.05, 3.63) is 35.4 Å². The highest BCUT2D eigenvalue weighted by Crippen LogP contribution is 2.38. The Bertz CT molecular complexity index is 448. The fourth-order valence-corrected chi connectivity index (χ4v) is 3.27. The van der Waals surface area contributed by atoms with Crippen LogP contribution in [0, 0.1) is 11.6 Å². The number of rotatable bonds is 3. The molecule has 1 saturated carbocycles. The molecule has 0 unspecified atom stereocenters. The summed E-state index contributed by atoms with van der Waals surface area (Å²) in [4.78, 5) is 0. The molecule has 0 atom stereocenters. The van der Waals surface area contributed by atoms with Crippen molar-refractivity contribution in [2.24, 2.45) is 0 Å². The van der Waals surface area contributed by atoms with Gasteiger partial charge < -0.3 is 5.32 Å². The van der Waals surface area contributed by atoms with E-state index in [-0.39, 0.29) is 11.0 Å². The summed E-state index contributed by atoms with van der Waals surface area (Å²) in [7, 11) is 0. The molecule has 0 bridgehead atoms. The zero-order valence-corrected chi connectivity index (χ0v) is 13.4. The van der Waals surface area contributed by atoms with Crippen molar-refractivity contribution < 1.29 is 8.78 Å². The van der Waals surface area contributed by atoms with Gasteiger partial charge in [0.25, 0.3) is 0 Å². The average Bonchev–Trinajstić information content (AvgIpc) is 2.61. The molecule has 1 aliphatic carbocycles. The van der Waals surface area contributed by atoms with Crippen molar-refractivity contribution in [3.63, 3.8) is 0 Å². The van der Waals surface area contributed by atoms with E-state index in [1.807, 2.05) is 0 Å². The van der Waals surface area contributed by atoms with Gasteiger partial charge in [0.05, 0.1) is 0 Å². The lowest BCUT2D eigenvalue weighted by atomic mass is 9.73. The molecule has 0 aliphatic heterocycles. The van der Waals surface area contributed by atoms with Crippen LogP contribution in [0.4, 0.5) is 8.78 Å².